The maximum atomic E-state index is 12.9. The Balaban J connectivity index is 4.43. The average Bonchev–Trinajstić information content (AvgIpc) is 3.34. The lowest BCUT2D eigenvalue weighted by Crippen LogP contribution is -2.30. The van der Waals surface area contributed by atoms with Crippen LogP contribution in [0.3, 0.4) is 0 Å². The maximum Gasteiger partial charge on any atom is 0.306 e. The Morgan fingerprint density at radius 1 is 0.309 bits per heavy atom. The van der Waals surface area contributed by atoms with Gasteiger partial charge in [0.2, 0.25) is 0 Å². The molecule has 1 atom stereocenters. The Morgan fingerprint density at radius 2 is 0.574 bits per heavy atom. The van der Waals surface area contributed by atoms with Gasteiger partial charge in [0.05, 0.1) is 0 Å². The van der Waals surface area contributed by atoms with Crippen LogP contribution >= 0.6 is 0 Å². The van der Waals surface area contributed by atoms with Gasteiger partial charge in [-0.2, -0.15) is 0 Å². The molecule has 0 fully saturated rings. The first-order valence-electron chi connectivity index (χ1n) is 28.9. The van der Waals surface area contributed by atoms with E-state index in [9.17, 15) is 14.4 Å². The molecule has 0 aliphatic heterocycles. The Labute approximate surface area is 421 Å². The highest BCUT2D eigenvalue weighted by Gasteiger charge is 2.19. The van der Waals surface area contributed by atoms with Gasteiger partial charge >= 0.3 is 17.9 Å². The summed E-state index contributed by atoms with van der Waals surface area (Å²) >= 11 is 0. The standard InChI is InChI=1S/C62H108O6/c1-4-7-10-13-16-19-22-25-28-30-31-32-35-37-40-43-46-49-52-55-61(64)67-58-59(57-66-60(63)54-51-48-45-42-39-36-33-27-24-21-18-15-12-9-6-3)68-62(65)56-53-50-47-44-41-38-34-29-26-23-20-17-14-11-8-5-2/h7,10,16,19,21,24-25,28,31-32,37,40,59H,4-6,8-9,11-15,17-18,20,22-23,26-27,29-30,33-36,38-39,41-58H2,1-3H3/b10-7-,19-16-,24-21-,28-25-,32-31-,40-37-. The van der Waals surface area contributed by atoms with Crippen molar-refractivity contribution in [3.63, 3.8) is 0 Å². The van der Waals surface area contributed by atoms with Crippen molar-refractivity contribution in [3.05, 3.63) is 72.9 Å². The van der Waals surface area contributed by atoms with Crippen LogP contribution < -0.4 is 0 Å². The molecule has 0 saturated heterocycles. The highest BCUT2D eigenvalue weighted by Crippen LogP contribution is 2.16. The summed E-state index contributed by atoms with van der Waals surface area (Å²) < 4.78 is 16.9. The molecule has 392 valence electrons. The molecular weight excluding hydrogens is 841 g/mol. The molecule has 6 nitrogen and oxygen atoms in total. The van der Waals surface area contributed by atoms with Crippen molar-refractivity contribution in [2.45, 2.75) is 290 Å². The number of carbonyl (C=O) groups excluding carboxylic acids is 3. The van der Waals surface area contributed by atoms with E-state index in [1.165, 1.54) is 148 Å². The molecule has 0 heterocycles. The molecule has 0 aromatic rings. The zero-order valence-electron chi connectivity index (χ0n) is 44.9. The molecule has 0 aromatic carbocycles. The van der Waals surface area contributed by atoms with Crippen molar-refractivity contribution in [2.75, 3.05) is 13.2 Å². The highest BCUT2D eigenvalue weighted by molar-refractivity contribution is 5.71. The van der Waals surface area contributed by atoms with E-state index in [1.807, 2.05) is 0 Å². The predicted octanol–water partition coefficient (Wildman–Crippen LogP) is 19.4. The van der Waals surface area contributed by atoms with Crippen molar-refractivity contribution in [3.8, 4) is 0 Å². The van der Waals surface area contributed by atoms with Gasteiger partial charge in [-0.05, 0) is 89.9 Å². The van der Waals surface area contributed by atoms with Crippen molar-refractivity contribution in [1.82, 2.24) is 0 Å². The largest absolute Gasteiger partial charge is 0.462 e. The third-order valence-corrected chi connectivity index (χ3v) is 12.4. The molecule has 0 bridgehead atoms. The van der Waals surface area contributed by atoms with Crippen LogP contribution in [0.5, 0.6) is 0 Å². The normalized spacial score (nSPS) is 12.6. The van der Waals surface area contributed by atoms with E-state index in [4.69, 9.17) is 14.2 Å². The summed E-state index contributed by atoms with van der Waals surface area (Å²) in [5.74, 6) is -0.913. The zero-order chi connectivity index (χ0) is 49.3. The first kappa shape index (κ1) is 64.8. The molecule has 68 heavy (non-hydrogen) atoms. The maximum absolute atomic E-state index is 12.9. The van der Waals surface area contributed by atoms with Crippen LogP contribution in [0.1, 0.15) is 284 Å². The lowest BCUT2D eigenvalue weighted by molar-refractivity contribution is -0.167. The van der Waals surface area contributed by atoms with Crippen molar-refractivity contribution in [1.29, 1.82) is 0 Å². The molecular formula is C62H108O6. The van der Waals surface area contributed by atoms with Gasteiger partial charge in [0.15, 0.2) is 6.10 Å². The number of esters is 3. The monoisotopic (exact) mass is 949 g/mol. The summed E-state index contributed by atoms with van der Waals surface area (Å²) in [7, 11) is 0. The lowest BCUT2D eigenvalue weighted by atomic mass is 10.0. The zero-order valence-corrected chi connectivity index (χ0v) is 44.9. The smallest absolute Gasteiger partial charge is 0.306 e. The summed E-state index contributed by atoms with van der Waals surface area (Å²) in [5, 5.41) is 0. The minimum atomic E-state index is -0.789. The lowest BCUT2D eigenvalue weighted by Gasteiger charge is -2.18. The van der Waals surface area contributed by atoms with Crippen LogP contribution in [0.2, 0.25) is 0 Å². The number of hydrogen-bond donors (Lipinski definition) is 0. The van der Waals surface area contributed by atoms with E-state index in [2.05, 4.69) is 93.7 Å². The number of ether oxygens (including phenoxy) is 3. The van der Waals surface area contributed by atoms with Gasteiger partial charge in [-0.25, -0.2) is 0 Å². The second kappa shape index (κ2) is 56.4. The molecule has 0 aliphatic carbocycles. The van der Waals surface area contributed by atoms with Crippen LogP contribution in [0.4, 0.5) is 0 Å². The van der Waals surface area contributed by atoms with Gasteiger partial charge in [0.25, 0.3) is 0 Å². The Morgan fingerprint density at radius 3 is 0.941 bits per heavy atom. The second-order valence-electron chi connectivity index (χ2n) is 19.2. The molecule has 0 aliphatic rings. The number of allylic oxidation sites excluding steroid dienone is 12. The van der Waals surface area contributed by atoms with Crippen LogP contribution in [0.25, 0.3) is 0 Å². The first-order chi connectivity index (χ1) is 33.5. The minimum Gasteiger partial charge on any atom is -0.462 e. The molecule has 0 amide bonds. The average molecular weight is 950 g/mol. The fraction of sp³-hybridized carbons (Fsp3) is 0.758. The van der Waals surface area contributed by atoms with Gasteiger partial charge in [0, 0.05) is 19.3 Å². The molecule has 0 spiro atoms. The predicted molar refractivity (Wildman–Crippen MR) is 293 cm³/mol. The van der Waals surface area contributed by atoms with Gasteiger partial charge in [-0.3, -0.25) is 14.4 Å². The van der Waals surface area contributed by atoms with E-state index < -0.39 is 6.10 Å². The summed E-state index contributed by atoms with van der Waals surface area (Å²) in [6.45, 7) is 6.51. The molecule has 0 saturated carbocycles. The molecule has 1 unspecified atom stereocenters. The van der Waals surface area contributed by atoms with Crippen molar-refractivity contribution >= 4 is 17.9 Å². The van der Waals surface area contributed by atoms with E-state index in [1.54, 1.807) is 0 Å². The van der Waals surface area contributed by atoms with E-state index >= 15 is 0 Å². The second-order valence-corrected chi connectivity index (χ2v) is 19.2. The molecule has 0 aromatic heterocycles. The third-order valence-electron chi connectivity index (χ3n) is 12.4. The fourth-order valence-electron chi connectivity index (χ4n) is 8.11. The third kappa shape index (κ3) is 53.8. The van der Waals surface area contributed by atoms with Crippen LogP contribution in [0.15, 0.2) is 72.9 Å². The fourth-order valence-corrected chi connectivity index (χ4v) is 8.11. The Hall–Kier alpha value is -3.15. The number of hydrogen-bond acceptors (Lipinski definition) is 6. The number of carbonyl (C=O) groups is 3. The van der Waals surface area contributed by atoms with Crippen LogP contribution in [-0.2, 0) is 28.6 Å². The summed E-state index contributed by atoms with van der Waals surface area (Å²) in [6, 6.07) is 0. The van der Waals surface area contributed by atoms with E-state index in [0.29, 0.717) is 19.3 Å². The number of unbranched alkanes of at least 4 members (excludes halogenated alkanes) is 29. The molecule has 0 rings (SSSR count). The Kier molecular flexibility index (Phi) is 53.8. The Bertz CT molecular complexity index is 1270. The van der Waals surface area contributed by atoms with E-state index in [-0.39, 0.29) is 31.1 Å². The summed E-state index contributed by atoms with van der Waals surface area (Å²) in [5.41, 5.74) is 0. The SMILES string of the molecule is CC/C=C\C/C=C\C/C=C\C/C=C\C/C=C\CCCCCC(=O)OCC(COC(=O)CCCCCCCCC/C=C\CCCCCC)OC(=O)CCCCCCCCCCCCCCCCCC. The molecule has 0 N–H and O–H groups in total. The minimum absolute atomic E-state index is 0.0861. The number of rotatable bonds is 52. The van der Waals surface area contributed by atoms with Gasteiger partial charge in [-0.15, -0.1) is 0 Å². The first-order valence-corrected chi connectivity index (χ1v) is 28.9. The van der Waals surface area contributed by atoms with Crippen molar-refractivity contribution < 1.29 is 28.6 Å². The van der Waals surface area contributed by atoms with Gasteiger partial charge in [-0.1, -0.05) is 248 Å². The molecule has 0 radical (unpaired) electrons. The highest BCUT2D eigenvalue weighted by atomic mass is 16.6. The topological polar surface area (TPSA) is 78.9 Å². The van der Waals surface area contributed by atoms with Crippen LogP contribution in [-0.4, -0.2) is 37.2 Å². The quantitative estimate of drug-likeness (QED) is 0.0262. The summed E-state index contributed by atoms with van der Waals surface area (Å²) in [4.78, 5) is 38.2. The molecule has 6 heteroatoms. The van der Waals surface area contributed by atoms with Crippen LogP contribution in [0, 0.1) is 0 Å². The van der Waals surface area contributed by atoms with Gasteiger partial charge < -0.3 is 14.2 Å². The van der Waals surface area contributed by atoms with Gasteiger partial charge in [0.1, 0.15) is 13.2 Å². The van der Waals surface area contributed by atoms with Crippen molar-refractivity contribution in [2.24, 2.45) is 0 Å². The van der Waals surface area contributed by atoms with E-state index in [0.717, 1.165) is 96.3 Å². The summed E-state index contributed by atoms with van der Waals surface area (Å²) in [6.07, 6.45) is 71.7.